The third kappa shape index (κ3) is 4.85. The van der Waals surface area contributed by atoms with E-state index in [-0.39, 0.29) is 5.91 Å². The lowest BCUT2D eigenvalue weighted by Gasteiger charge is -2.07. The molecule has 2 N–H and O–H groups in total. The van der Waals surface area contributed by atoms with Crippen molar-refractivity contribution in [2.45, 2.75) is 33.1 Å². The monoisotopic (exact) mass is 235 g/mol. The highest BCUT2D eigenvalue weighted by Crippen LogP contribution is 2.04. The molecule has 0 radical (unpaired) electrons. The molecular formula is C13H21N3O. The molecule has 0 aliphatic rings. The standard InChI is InChI=1S/C13H21N3O/c1-3-5-10-15-13(17)11-7-6-8-12(16-11)14-9-4-2/h6-8H,3-5,9-10H2,1-2H3,(H,14,16)(H,15,17). The van der Waals surface area contributed by atoms with Gasteiger partial charge in [0.1, 0.15) is 11.5 Å². The number of anilines is 1. The van der Waals surface area contributed by atoms with E-state index in [1.54, 1.807) is 6.07 Å². The number of nitrogens with one attached hydrogen (secondary N) is 2. The van der Waals surface area contributed by atoms with E-state index < -0.39 is 0 Å². The first-order valence-electron chi connectivity index (χ1n) is 6.27. The Morgan fingerprint density at radius 3 is 2.76 bits per heavy atom. The van der Waals surface area contributed by atoms with Gasteiger partial charge in [-0.05, 0) is 25.0 Å². The minimum Gasteiger partial charge on any atom is -0.370 e. The topological polar surface area (TPSA) is 54.0 Å². The number of rotatable bonds is 7. The van der Waals surface area contributed by atoms with E-state index in [0.29, 0.717) is 12.2 Å². The van der Waals surface area contributed by atoms with E-state index in [2.05, 4.69) is 29.5 Å². The third-order valence-electron chi connectivity index (χ3n) is 2.35. The number of unbranched alkanes of at least 4 members (excludes halogenated alkanes) is 1. The second-order valence-electron chi connectivity index (χ2n) is 3.94. The average molecular weight is 235 g/mol. The van der Waals surface area contributed by atoms with Crippen LogP contribution in [-0.4, -0.2) is 24.0 Å². The second-order valence-corrected chi connectivity index (χ2v) is 3.94. The molecule has 0 saturated carbocycles. The van der Waals surface area contributed by atoms with Crippen LogP contribution in [0.3, 0.4) is 0 Å². The maximum absolute atomic E-state index is 11.7. The van der Waals surface area contributed by atoms with Gasteiger partial charge in [-0.25, -0.2) is 4.98 Å². The molecule has 0 bridgehead atoms. The summed E-state index contributed by atoms with van der Waals surface area (Å²) in [5.74, 6) is 0.661. The van der Waals surface area contributed by atoms with E-state index in [1.165, 1.54) is 0 Å². The number of hydrogen-bond donors (Lipinski definition) is 2. The Morgan fingerprint density at radius 1 is 1.24 bits per heavy atom. The molecule has 0 atom stereocenters. The van der Waals surface area contributed by atoms with Crippen LogP contribution in [0.2, 0.25) is 0 Å². The number of hydrogen-bond acceptors (Lipinski definition) is 3. The van der Waals surface area contributed by atoms with Gasteiger partial charge >= 0.3 is 0 Å². The van der Waals surface area contributed by atoms with Gasteiger partial charge in [0.05, 0.1) is 0 Å². The molecule has 17 heavy (non-hydrogen) atoms. The summed E-state index contributed by atoms with van der Waals surface area (Å²) in [4.78, 5) is 16.0. The molecule has 1 aromatic heterocycles. The van der Waals surface area contributed by atoms with Crippen LogP contribution in [0.1, 0.15) is 43.6 Å². The van der Waals surface area contributed by atoms with Gasteiger partial charge in [0, 0.05) is 13.1 Å². The molecule has 4 nitrogen and oxygen atoms in total. The molecule has 0 fully saturated rings. The summed E-state index contributed by atoms with van der Waals surface area (Å²) >= 11 is 0. The average Bonchev–Trinajstić information content (AvgIpc) is 2.37. The minimum absolute atomic E-state index is 0.0985. The lowest BCUT2D eigenvalue weighted by Crippen LogP contribution is -2.25. The number of carbonyl (C=O) groups excluding carboxylic acids is 1. The molecule has 0 aliphatic carbocycles. The lowest BCUT2D eigenvalue weighted by molar-refractivity contribution is 0.0948. The highest BCUT2D eigenvalue weighted by molar-refractivity contribution is 5.92. The van der Waals surface area contributed by atoms with Crippen molar-refractivity contribution in [3.8, 4) is 0 Å². The summed E-state index contributed by atoms with van der Waals surface area (Å²) < 4.78 is 0. The van der Waals surface area contributed by atoms with E-state index in [0.717, 1.165) is 31.6 Å². The SMILES string of the molecule is CCCCNC(=O)c1cccc(NCCC)n1. The van der Waals surface area contributed by atoms with Crippen molar-refractivity contribution in [3.63, 3.8) is 0 Å². The Kier molecular flexibility index (Phi) is 6.07. The van der Waals surface area contributed by atoms with E-state index in [1.807, 2.05) is 12.1 Å². The quantitative estimate of drug-likeness (QED) is 0.714. The molecule has 94 valence electrons. The maximum atomic E-state index is 11.7. The Morgan fingerprint density at radius 2 is 2.06 bits per heavy atom. The fourth-order valence-corrected chi connectivity index (χ4v) is 1.38. The van der Waals surface area contributed by atoms with Gasteiger partial charge in [-0.15, -0.1) is 0 Å². The fourth-order valence-electron chi connectivity index (χ4n) is 1.38. The van der Waals surface area contributed by atoms with Gasteiger partial charge in [-0.1, -0.05) is 26.3 Å². The lowest BCUT2D eigenvalue weighted by atomic mass is 10.3. The van der Waals surface area contributed by atoms with Crippen LogP contribution in [0.5, 0.6) is 0 Å². The van der Waals surface area contributed by atoms with Crippen molar-refractivity contribution in [1.82, 2.24) is 10.3 Å². The highest BCUT2D eigenvalue weighted by Gasteiger charge is 2.06. The van der Waals surface area contributed by atoms with Crippen LogP contribution < -0.4 is 10.6 Å². The number of nitrogens with zero attached hydrogens (tertiary/aromatic N) is 1. The van der Waals surface area contributed by atoms with Crippen molar-refractivity contribution in [2.24, 2.45) is 0 Å². The maximum Gasteiger partial charge on any atom is 0.269 e. The Bertz CT molecular complexity index is 352. The first kappa shape index (κ1) is 13.5. The third-order valence-corrected chi connectivity index (χ3v) is 2.35. The summed E-state index contributed by atoms with van der Waals surface area (Å²) in [6.45, 7) is 5.77. The van der Waals surface area contributed by atoms with Crippen molar-refractivity contribution >= 4 is 11.7 Å². The zero-order valence-corrected chi connectivity index (χ0v) is 10.6. The first-order chi connectivity index (χ1) is 8.27. The Balaban J connectivity index is 2.54. The van der Waals surface area contributed by atoms with Gasteiger partial charge < -0.3 is 10.6 Å². The summed E-state index contributed by atoms with van der Waals surface area (Å²) in [7, 11) is 0. The van der Waals surface area contributed by atoms with E-state index >= 15 is 0 Å². The number of aromatic nitrogens is 1. The van der Waals surface area contributed by atoms with Crippen LogP contribution in [0.15, 0.2) is 18.2 Å². The van der Waals surface area contributed by atoms with Crippen LogP contribution in [-0.2, 0) is 0 Å². The van der Waals surface area contributed by atoms with Crippen molar-refractivity contribution in [2.75, 3.05) is 18.4 Å². The van der Waals surface area contributed by atoms with Gasteiger partial charge in [-0.2, -0.15) is 0 Å². The van der Waals surface area contributed by atoms with Crippen molar-refractivity contribution in [3.05, 3.63) is 23.9 Å². The normalized spacial score (nSPS) is 10.0. The van der Waals surface area contributed by atoms with E-state index in [9.17, 15) is 4.79 Å². The van der Waals surface area contributed by atoms with Crippen LogP contribution in [0, 0.1) is 0 Å². The summed E-state index contributed by atoms with van der Waals surface area (Å²) in [6, 6.07) is 5.45. The molecule has 4 heteroatoms. The van der Waals surface area contributed by atoms with Gasteiger partial charge in [0.15, 0.2) is 0 Å². The van der Waals surface area contributed by atoms with Crippen LogP contribution >= 0.6 is 0 Å². The summed E-state index contributed by atoms with van der Waals surface area (Å²) in [6.07, 6.45) is 3.11. The predicted octanol–water partition coefficient (Wildman–Crippen LogP) is 2.43. The van der Waals surface area contributed by atoms with Crippen molar-refractivity contribution < 1.29 is 4.79 Å². The number of carbonyl (C=O) groups is 1. The van der Waals surface area contributed by atoms with Crippen LogP contribution in [0.4, 0.5) is 5.82 Å². The molecular weight excluding hydrogens is 214 g/mol. The Labute approximate surface area is 103 Å². The molecule has 0 aromatic carbocycles. The molecule has 0 spiro atoms. The van der Waals surface area contributed by atoms with E-state index in [4.69, 9.17) is 0 Å². The molecule has 1 rings (SSSR count). The Hall–Kier alpha value is -1.58. The number of pyridine rings is 1. The highest BCUT2D eigenvalue weighted by atomic mass is 16.1. The summed E-state index contributed by atoms with van der Waals surface area (Å²) in [5, 5.41) is 6.02. The van der Waals surface area contributed by atoms with Gasteiger partial charge in [-0.3, -0.25) is 4.79 Å². The predicted molar refractivity (Wildman–Crippen MR) is 70.3 cm³/mol. The molecule has 1 aromatic rings. The molecule has 0 saturated heterocycles. The summed E-state index contributed by atoms with van der Waals surface area (Å²) in [5.41, 5.74) is 0.474. The minimum atomic E-state index is -0.0985. The zero-order valence-electron chi connectivity index (χ0n) is 10.6. The number of amides is 1. The van der Waals surface area contributed by atoms with Crippen molar-refractivity contribution in [1.29, 1.82) is 0 Å². The largest absolute Gasteiger partial charge is 0.370 e. The zero-order chi connectivity index (χ0) is 12.5. The molecule has 0 unspecified atom stereocenters. The molecule has 1 amide bonds. The van der Waals surface area contributed by atoms with Gasteiger partial charge in [0.25, 0.3) is 5.91 Å². The molecule has 0 aliphatic heterocycles. The van der Waals surface area contributed by atoms with Crippen LogP contribution in [0.25, 0.3) is 0 Å². The van der Waals surface area contributed by atoms with Gasteiger partial charge in [0.2, 0.25) is 0 Å². The second kappa shape index (κ2) is 7.65. The fraction of sp³-hybridized carbons (Fsp3) is 0.538. The smallest absolute Gasteiger partial charge is 0.269 e. The first-order valence-corrected chi connectivity index (χ1v) is 6.27. The molecule has 1 heterocycles.